The Morgan fingerprint density at radius 1 is 1.19 bits per heavy atom. The van der Waals surface area contributed by atoms with E-state index >= 15 is 0 Å². The molecule has 0 amide bonds. The second kappa shape index (κ2) is 7.92. The van der Waals surface area contributed by atoms with Gasteiger partial charge in [-0.3, -0.25) is 4.98 Å². The lowest BCUT2D eigenvalue weighted by molar-refractivity contribution is 0.295. The molecule has 21 heavy (non-hydrogen) atoms. The number of ether oxygens (including phenoxy) is 1. The van der Waals surface area contributed by atoms with Gasteiger partial charge < -0.3 is 10.1 Å². The average molecular weight is 414 g/mol. The van der Waals surface area contributed by atoms with Gasteiger partial charge in [-0.25, -0.2) is 0 Å². The first-order valence-electron chi connectivity index (χ1n) is 6.80. The number of halogens is 2. The zero-order valence-corrected chi connectivity index (χ0v) is 15.2. The minimum atomic E-state index is 0.435. The molecule has 5 heteroatoms. The lowest BCUT2D eigenvalue weighted by Crippen LogP contribution is -2.22. The number of hydrogen-bond donors (Lipinski definition) is 1. The molecule has 0 aliphatic carbocycles. The molecule has 0 bridgehead atoms. The second-order valence-corrected chi connectivity index (χ2v) is 6.79. The highest BCUT2D eigenvalue weighted by Crippen LogP contribution is 2.29. The van der Waals surface area contributed by atoms with E-state index in [1.54, 1.807) is 6.20 Å². The number of benzene rings is 1. The van der Waals surface area contributed by atoms with Gasteiger partial charge in [-0.05, 0) is 50.1 Å². The number of nitrogens with zero attached hydrogens (tertiary/aromatic N) is 1. The number of para-hydroxylation sites is 1. The topological polar surface area (TPSA) is 34.1 Å². The van der Waals surface area contributed by atoms with E-state index in [-0.39, 0.29) is 0 Å². The number of pyridine rings is 1. The molecule has 0 atom stereocenters. The standard InChI is InChI=1S/C16H18Br2N2O/c1-11(2)19-8-12-4-3-5-15(18)16(12)21-10-14-7-6-13(17)9-20-14/h3-7,9,11,19H,8,10H2,1-2H3. The van der Waals surface area contributed by atoms with E-state index in [0.717, 1.165) is 32.5 Å². The van der Waals surface area contributed by atoms with Crippen molar-refractivity contribution in [3.05, 3.63) is 56.7 Å². The molecule has 0 saturated carbocycles. The fraction of sp³-hybridized carbons (Fsp3) is 0.312. The van der Waals surface area contributed by atoms with Crippen LogP contribution >= 0.6 is 31.9 Å². The summed E-state index contributed by atoms with van der Waals surface area (Å²) in [6.45, 7) is 5.49. The van der Waals surface area contributed by atoms with E-state index < -0.39 is 0 Å². The number of rotatable bonds is 6. The van der Waals surface area contributed by atoms with Gasteiger partial charge in [0.25, 0.3) is 0 Å². The summed E-state index contributed by atoms with van der Waals surface area (Å²) in [4.78, 5) is 4.32. The Hall–Kier alpha value is -0.910. The van der Waals surface area contributed by atoms with Gasteiger partial charge in [0.15, 0.2) is 0 Å². The summed E-state index contributed by atoms with van der Waals surface area (Å²) in [5, 5.41) is 3.41. The van der Waals surface area contributed by atoms with Gasteiger partial charge in [0.1, 0.15) is 12.4 Å². The maximum Gasteiger partial charge on any atom is 0.138 e. The lowest BCUT2D eigenvalue weighted by atomic mass is 10.2. The lowest BCUT2D eigenvalue weighted by Gasteiger charge is -2.15. The number of nitrogens with one attached hydrogen (secondary N) is 1. The first-order chi connectivity index (χ1) is 10.1. The number of aromatic nitrogens is 1. The molecule has 112 valence electrons. The molecule has 0 fully saturated rings. The van der Waals surface area contributed by atoms with Crippen LogP contribution in [-0.2, 0) is 13.2 Å². The minimum Gasteiger partial charge on any atom is -0.486 e. The summed E-state index contributed by atoms with van der Waals surface area (Å²) in [7, 11) is 0. The van der Waals surface area contributed by atoms with Crippen LogP contribution in [0.15, 0.2) is 45.5 Å². The van der Waals surface area contributed by atoms with Gasteiger partial charge in [-0.15, -0.1) is 0 Å². The normalized spacial score (nSPS) is 10.9. The van der Waals surface area contributed by atoms with Crippen LogP contribution in [0.1, 0.15) is 25.1 Å². The third-order valence-corrected chi connectivity index (χ3v) is 4.00. The van der Waals surface area contributed by atoms with Crippen LogP contribution in [0.5, 0.6) is 5.75 Å². The fourth-order valence-corrected chi connectivity index (χ4v) is 2.56. The van der Waals surface area contributed by atoms with Crippen LogP contribution < -0.4 is 10.1 Å². The Morgan fingerprint density at radius 3 is 2.67 bits per heavy atom. The van der Waals surface area contributed by atoms with Crippen molar-refractivity contribution < 1.29 is 4.74 Å². The molecule has 1 heterocycles. The highest BCUT2D eigenvalue weighted by Gasteiger charge is 2.09. The zero-order valence-electron chi connectivity index (χ0n) is 12.1. The molecule has 3 nitrogen and oxygen atoms in total. The van der Waals surface area contributed by atoms with E-state index in [1.165, 1.54) is 0 Å². The van der Waals surface area contributed by atoms with Gasteiger partial charge in [0, 0.05) is 28.8 Å². The summed E-state index contributed by atoms with van der Waals surface area (Å²) in [6, 6.07) is 10.4. The van der Waals surface area contributed by atoms with Crippen molar-refractivity contribution in [2.75, 3.05) is 0 Å². The maximum atomic E-state index is 5.96. The SMILES string of the molecule is CC(C)NCc1cccc(Br)c1OCc1ccc(Br)cn1. The van der Waals surface area contributed by atoms with Gasteiger partial charge >= 0.3 is 0 Å². The molecule has 0 radical (unpaired) electrons. The molecule has 0 aliphatic heterocycles. The summed E-state index contributed by atoms with van der Waals surface area (Å²) in [5.74, 6) is 0.871. The van der Waals surface area contributed by atoms with Crippen LogP contribution in [0.2, 0.25) is 0 Å². The maximum absolute atomic E-state index is 5.96. The van der Waals surface area contributed by atoms with E-state index in [2.05, 4.69) is 62.1 Å². The molecular weight excluding hydrogens is 396 g/mol. The Kier molecular flexibility index (Phi) is 6.21. The molecule has 2 aromatic rings. The van der Waals surface area contributed by atoms with Crippen molar-refractivity contribution in [1.29, 1.82) is 0 Å². The largest absolute Gasteiger partial charge is 0.486 e. The second-order valence-electron chi connectivity index (χ2n) is 5.02. The average Bonchev–Trinajstić information content (AvgIpc) is 2.46. The summed E-state index contributed by atoms with van der Waals surface area (Å²) >= 11 is 6.94. The van der Waals surface area contributed by atoms with Crippen LogP contribution in [-0.4, -0.2) is 11.0 Å². The molecule has 2 rings (SSSR count). The van der Waals surface area contributed by atoms with Gasteiger partial charge in [-0.2, -0.15) is 0 Å². The van der Waals surface area contributed by atoms with Crippen LogP contribution in [0.3, 0.4) is 0 Å². The van der Waals surface area contributed by atoms with Crippen molar-refractivity contribution in [3.8, 4) is 5.75 Å². The fourth-order valence-electron chi connectivity index (χ4n) is 1.81. The van der Waals surface area contributed by atoms with Crippen molar-refractivity contribution in [1.82, 2.24) is 10.3 Å². The predicted molar refractivity (Wildman–Crippen MR) is 92.4 cm³/mol. The smallest absolute Gasteiger partial charge is 0.138 e. The Morgan fingerprint density at radius 2 is 2.00 bits per heavy atom. The molecule has 0 saturated heterocycles. The first kappa shape index (κ1) is 16.5. The quantitative estimate of drug-likeness (QED) is 0.746. The molecule has 1 N–H and O–H groups in total. The number of hydrogen-bond acceptors (Lipinski definition) is 3. The van der Waals surface area contributed by atoms with Crippen molar-refractivity contribution in [3.63, 3.8) is 0 Å². The summed E-state index contributed by atoms with van der Waals surface area (Å²) in [6.07, 6.45) is 1.78. The summed E-state index contributed by atoms with van der Waals surface area (Å²) in [5.41, 5.74) is 2.03. The first-order valence-corrected chi connectivity index (χ1v) is 8.39. The van der Waals surface area contributed by atoms with Gasteiger partial charge in [0.05, 0.1) is 10.2 Å². The van der Waals surface area contributed by atoms with Crippen LogP contribution in [0, 0.1) is 0 Å². The van der Waals surface area contributed by atoms with E-state index in [4.69, 9.17) is 4.74 Å². The molecule has 0 aliphatic rings. The van der Waals surface area contributed by atoms with Gasteiger partial charge in [0.2, 0.25) is 0 Å². The summed E-state index contributed by atoms with van der Waals surface area (Å²) < 4.78 is 7.89. The Bertz CT molecular complexity index is 585. The molecule has 0 unspecified atom stereocenters. The van der Waals surface area contributed by atoms with Crippen LogP contribution in [0.25, 0.3) is 0 Å². The third kappa shape index (κ3) is 5.09. The molecule has 0 spiro atoms. The highest BCUT2D eigenvalue weighted by atomic mass is 79.9. The van der Waals surface area contributed by atoms with E-state index in [1.807, 2.05) is 24.3 Å². The minimum absolute atomic E-state index is 0.435. The van der Waals surface area contributed by atoms with Crippen molar-refractivity contribution >= 4 is 31.9 Å². The highest BCUT2D eigenvalue weighted by molar-refractivity contribution is 9.10. The molecule has 1 aromatic heterocycles. The Labute approximate surface area is 142 Å². The predicted octanol–water partition coefficient (Wildman–Crippen LogP) is 4.68. The zero-order chi connectivity index (χ0) is 15.2. The third-order valence-electron chi connectivity index (χ3n) is 2.90. The molecular formula is C16H18Br2N2O. The van der Waals surface area contributed by atoms with E-state index in [0.29, 0.717) is 12.6 Å². The van der Waals surface area contributed by atoms with Crippen molar-refractivity contribution in [2.45, 2.75) is 33.0 Å². The van der Waals surface area contributed by atoms with Crippen molar-refractivity contribution in [2.24, 2.45) is 0 Å². The van der Waals surface area contributed by atoms with E-state index in [9.17, 15) is 0 Å². The molecule has 1 aromatic carbocycles. The van der Waals surface area contributed by atoms with Crippen LogP contribution in [0.4, 0.5) is 0 Å². The van der Waals surface area contributed by atoms with Gasteiger partial charge in [-0.1, -0.05) is 26.0 Å². The Balaban J connectivity index is 2.09. The monoisotopic (exact) mass is 412 g/mol.